The number of aryl methyl sites for hydroxylation is 1. The SMILES string of the molecule is COc1cccc([C@H]2CCc3nc4ccc(-c5cnc(N6CCN(C(C)=O)[C@H](C)C6)nc5)nc4n32)c1. The topological polar surface area (TPSA) is 89.3 Å². The normalized spacial score (nSPS) is 19.5. The van der Waals surface area contributed by atoms with Crippen molar-refractivity contribution in [1.29, 1.82) is 0 Å². The Bertz CT molecular complexity index is 1430. The summed E-state index contributed by atoms with van der Waals surface area (Å²) in [5, 5.41) is 0. The van der Waals surface area contributed by atoms with Crippen LogP contribution in [0.3, 0.4) is 0 Å². The highest BCUT2D eigenvalue weighted by molar-refractivity contribution is 5.77. The van der Waals surface area contributed by atoms with Gasteiger partial charge in [-0.25, -0.2) is 19.9 Å². The minimum atomic E-state index is 0.111. The van der Waals surface area contributed by atoms with Crippen LogP contribution in [0.15, 0.2) is 48.8 Å². The number of piperazine rings is 1. The maximum atomic E-state index is 11.8. The third-order valence-electron chi connectivity index (χ3n) is 7.29. The van der Waals surface area contributed by atoms with Crippen LogP contribution < -0.4 is 9.64 Å². The Morgan fingerprint density at radius 2 is 1.92 bits per heavy atom. The van der Waals surface area contributed by atoms with Crippen molar-refractivity contribution >= 4 is 23.0 Å². The Morgan fingerprint density at radius 1 is 1.08 bits per heavy atom. The molecule has 2 aliphatic rings. The number of hydrogen-bond acceptors (Lipinski definition) is 7. The lowest BCUT2D eigenvalue weighted by Gasteiger charge is -2.39. The van der Waals surface area contributed by atoms with Crippen molar-refractivity contribution in [1.82, 2.24) is 29.4 Å². The van der Waals surface area contributed by atoms with Gasteiger partial charge in [0.15, 0.2) is 5.65 Å². The van der Waals surface area contributed by atoms with Crippen LogP contribution in [0.5, 0.6) is 5.75 Å². The number of amides is 1. The minimum absolute atomic E-state index is 0.111. The van der Waals surface area contributed by atoms with Crippen molar-refractivity contribution in [3.8, 4) is 17.0 Å². The van der Waals surface area contributed by atoms with Crippen LogP contribution >= 0.6 is 0 Å². The summed E-state index contributed by atoms with van der Waals surface area (Å²) in [4.78, 5) is 35.0. The molecule has 1 aromatic carbocycles. The maximum Gasteiger partial charge on any atom is 0.225 e. The van der Waals surface area contributed by atoms with Crippen LogP contribution in [-0.2, 0) is 11.2 Å². The van der Waals surface area contributed by atoms with Crippen LogP contribution in [0.4, 0.5) is 5.95 Å². The molecule has 1 amide bonds. The van der Waals surface area contributed by atoms with Gasteiger partial charge in [0.05, 0.1) is 18.8 Å². The first-order chi connectivity index (χ1) is 17.5. The van der Waals surface area contributed by atoms with Gasteiger partial charge in [-0.3, -0.25) is 4.79 Å². The van der Waals surface area contributed by atoms with Crippen molar-refractivity contribution in [3.63, 3.8) is 0 Å². The van der Waals surface area contributed by atoms with Crippen molar-refractivity contribution in [3.05, 3.63) is 60.2 Å². The number of methoxy groups -OCH3 is 1. The summed E-state index contributed by atoms with van der Waals surface area (Å²) in [5.41, 5.74) is 4.67. The van der Waals surface area contributed by atoms with Crippen LogP contribution in [0.1, 0.15) is 37.7 Å². The quantitative estimate of drug-likeness (QED) is 0.439. The van der Waals surface area contributed by atoms with E-state index in [4.69, 9.17) is 14.7 Å². The van der Waals surface area contributed by atoms with E-state index < -0.39 is 0 Å². The highest BCUT2D eigenvalue weighted by atomic mass is 16.5. The molecule has 0 unspecified atom stereocenters. The van der Waals surface area contributed by atoms with Crippen molar-refractivity contribution in [2.75, 3.05) is 31.6 Å². The highest BCUT2D eigenvalue weighted by Crippen LogP contribution is 2.36. The van der Waals surface area contributed by atoms with Gasteiger partial charge >= 0.3 is 0 Å². The standard InChI is InChI=1S/C27H29N7O2/c1-17-16-32(11-12-33(17)18(2)35)27-28-14-20(15-29-27)22-7-8-23-26(31-22)34-24(9-10-25(34)30-23)19-5-4-6-21(13-19)36-3/h4-8,13-15,17,24H,9-12,16H2,1-3H3/t17-,24-/m1/s1. The molecule has 6 rings (SSSR count). The molecular weight excluding hydrogens is 454 g/mol. The summed E-state index contributed by atoms with van der Waals surface area (Å²) >= 11 is 0. The van der Waals surface area contributed by atoms with Crippen molar-refractivity contribution in [2.45, 2.75) is 38.8 Å². The zero-order chi connectivity index (χ0) is 24.8. The molecule has 9 nitrogen and oxygen atoms in total. The second-order valence-corrected chi connectivity index (χ2v) is 9.55. The number of nitrogens with zero attached hydrogens (tertiary/aromatic N) is 7. The molecule has 1 saturated heterocycles. The number of fused-ring (bicyclic) bond motifs is 3. The molecule has 4 aromatic rings. The molecule has 1 fully saturated rings. The van der Waals surface area contributed by atoms with Gasteiger partial charge in [-0.2, -0.15) is 0 Å². The molecule has 0 spiro atoms. The van der Waals surface area contributed by atoms with E-state index in [2.05, 4.69) is 38.5 Å². The van der Waals surface area contributed by atoms with Gasteiger partial charge in [-0.15, -0.1) is 0 Å². The lowest BCUT2D eigenvalue weighted by Crippen LogP contribution is -2.53. The summed E-state index contributed by atoms with van der Waals surface area (Å²) in [6, 6.07) is 12.6. The molecule has 0 bridgehead atoms. The molecule has 0 radical (unpaired) electrons. The maximum absolute atomic E-state index is 11.8. The Morgan fingerprint density at radius 3 is 2.67 bits per heavy atom. The van der Waals surface area contributed by atoms with E-state index in [0.29, 0.717) is 12.5 Å². The fraction of sp³-hybridized carbons (Fsp3) is 0.370. The number of anilines is 1. The second kappa shape index (κ2) is 8.89. The average molecular weight is 484 g/mol. The van der Waals surface area contributed by atoms with E-state index in [1.165, 1.54) is 5.56 Å². The number of rotatable bonds is 4. The zero-order valence-electron chi connectivity index (χ0n) is 20.8. The highest BCUT2D eigenvalue weighted by Gasteiger charge is 2.29. The molecule has 9 heteroatoms. The van der Waals surface area contributed by atoms with E-state index in [1.807, 2.05) is 41.6 Å². The van der Waals surface area contributed by atoms with Crippen LogP contribution in [-0.4, -0.2) is 68.1 Å². The summed E-state index contributed by atoms with van der Waals surface area (Å²) in [6.45, 7) is 5.80. The van der Waals surface area contributed by atoms with Gasteiger partial charge in [0, 0.05) is 57.0 Å². The average Bonchev–Trinajstić information content (AvgIpc) is 3.48. The monoisotopic (exact) mass is 483 g/mol. The first kappa shape index (κ1) is 22.5. The lowest BCUT2D eigenvalue weighted by atomic mass is 10.0. The fourth-order valence-corrected chi connectivity index (χ4v) is 5.47. The second-order valence-electron chi connectivity index (χ2n) is 9.55. The number of pyridine rings is 1. The smallest absolute Gasteiger partial charge is 0.225 e. The van der Waals surface area contributed by atoms with Crippen LogP contribution in [0.2, 0.25) is 0 Å². The van der Waals surface area contributed by atoms with E-state index in [0.717, 1.165) is 59.9 Å². The Hall–Kier alpha value is -4.01. The third kappa shape index (κ3) is 3.84. The molecule has 5 heterocycles. The molecule has 36 heavy (non-hydrogen) atoms. The molecule has 2 atom stereocenters. The molecule has 2 aliphatic heterocycles. The largest absolute Gasteiger partial charge is 0.497 e. The lowest BCUT2D eigenvalue weighted by molar-refractivity contribution is -0.131. The first-order valence-electron chi connectivity index (χ1n) is 12.4. The first-order valence-corrected chi connectivity index (χ1v) is 12.4. The number of benzene rings is 1. The number of ether oxygens (including phenoxy) is 1. The van der Waals surface area contributed by atoms with E-state index >= 15 is 0 Å². The molecule has 0 saturated carbocycles. The Balaban J connectivity index is 1.28. The molecular formula is C27H29N7O2. The van der Waals surface area contributed by atoms with Gasteiger partial charge in [-0.1, -0.05) is 12.1 Å². The van der Waals surface area contributed by atoms with Gasteiger partial charge in [0.1, 0.15) is 17.1 Å². The number of carbonyl (C=O) groups is 1. The predicted octanol–water partition coefficient (Wildman–Crippen LogP) is 3.49. The number of aromatic nitrogens is 5. The molecule has 184 valence electrons. The van der Waals surface area contributed by atoms with Gasteiger partial charge < -0.3 is 19.1 Å². The molecule has 0 N–H and O–H groups in total. The zero-order valence-corrected chi connectivity index (χ0v) is 20.8. The minimum Gasteiger partial charge on any atom is -0.497 e. The number of carbonyl (C=O) groups excluding carboxylic acids is 1. The van der Waals surface area contributed by atoms with Crippen LogP contribution in [0, 0.1) is 0 Å². The predicted molar refractivity (Wildman–Crippen MR) is 137 cm³/mol. The van der Waals surface area contributed by atoms with E-state index in [-0.39, 0.29) is 18.0 Å². The van der Waals surface area contributed by atoms with Gasteiger partial charge in [0.25, 0.3) is 0 Å². The van der Waals surface area contributed by atoms with Crippen LogP contribution in [0.25, 0.3) is 22.4 Å². The fourth-order valence-electron chi connectivity index (χ4n) is 5.47. The Labute approximate surface area is 209 Å². The van der Waals surface area contributed by atoms with E-state index in [9.17, 15) is 4.79 Å². The van der Waals surface area contributed by atoms with E-state index in [1.54, 1.807) is 14.0 Å². The van der Waals surface area contributed by atoms with Gasteiger partial charge in [-0.05, 0) is 43.2 Å². The van der Waals surface area contributed by atoms with Crippen molar-refractivity contribution < 1.29 is 9.53 Å². The third-order valence-corrected chi connectivity index (χ3v) is 7.29. The number of hydrogen-bond donors (Lipinski definition) is 0. The summed E-state index contributed by atoms with van der Waals surface area (Å²) in [7, 11) is 1.69. The summed E-state index contributed by atoms with van der Waals surface area (Å²) < 4.78 is 7.71. The molecule has 3 aromatic heterocycles. The Kier molecular flexibility index (Phi) is 5.55. The number of imidazole rings is 1. The van der Waals surface area contributed by atoms with Gasteiger partial charge in [0.2, 0.25) is 11.9 Å². The summed E-state index contributed by atoms with van der Waals surface area (Å²) in [5.74, 6) is 2.71. The molecule has 0 aliphatic carbocycles. The summed E-state index contributed by atoms with van der Waals surface area (Å²) in [6.07, 6.45) is 5.57. The van der Waals surface area contributed by atoms with Crippen molar-refractivity contribution in [2.24, 2.45) is 0 Å².